The Labute approximate surface area is 137 Å². The van der Waals surface area contributed by atoms with Crippen molar-refractivity contribution in [2.45, 2.75) is 96.9 Å². The molecule has 0 rings (SSSR count). The van der Waals surface area contributed by atoms with E-state index in [0.29, 0.717) is 12.5 Å². The summed E-state index contributed by atoms with van der Waals surface area (Å²) < 4.78 is 0. The van der Waals surface area contributed by atoms with Gasteiger partial charge in [0.25, 0.3) is 0 Å². The first-order valence-corrected chi connectivity index (χ1v) is 8.54. The van der Waals surface area contributed by atoms with Gasteiger partial charge in [-0.05, 0) is 31.6 Å². The van der Waals surface area contributed by atoms with Crippen LogP contribution < -0.4 is 5.73 Å². The van der Waals surface area contributed by atoms with E-state index in [2.05, 4.69) is 20.8 Å². The molecular weight excluding hydrogens is 314 g/mol. The largest absolute Gasteiger partial charge is 0.396 e. The van der Waals surface area contributed by atoms with Gasteiger partial charge in [-0.3, -0.25) is 0 Å². The molecule has 0 fully saturated rings. The number of aliphatic hydroxyl groups is 1. The van der Waals surface area contributed by atoms with Gasteiger partial charge in [-0.2, -0.15) is 0 Å². The molecule has 0 saturated carbocycles. The van der Waals surface area contributed by atoms with Crippen LogP contribution in [0, 0.1) is 5.92 Å². The minimum atomic E-state index is 0. The maximum absolute atomic E-state index is 8.71. The lowest BCUT2D eigenvalue weighted by Gasteiger charge is -2.36. The molecule has 0 aliphatic heterocycles. The van der Waals surface area contributed by atoms with E-state index in [1.54, 1.807) is 0 Å². The Morgan fingerprint density at radius 3 is 1.70 bits per heavy atom. The summed E-state index contributed by atoms with van der Waals surface area (Å²) in [4.78, 5) is 0. The number of nitrogens with two attached hydrogens (primary N) is 1. The summed E-state index contributed by atoms with van der Waals surface area (Å²) in [6.07, 6.45) is 13.5. The van der Waals surface area contributed by atoms with Gasteiger partial charge in [0.1, 0.15) is 0 Å². The summed E-state index contributed by atoms with van der Waals surface area (Å²) in [6.45, 7) is 7.10. The lowest BCUT2D eigenvalue weighted by Crippen LogP contribution is -2.45. The molecule has 0 aliphatic rings. The van der Waals surface area contributed by atoms with Crippen LogP contribution in [0.1, 0.15) is 91.4 Å². The maximum atomic E-state index is 8.71. The Bertz CT molecular complexity index is 195. The summed E-state index contributed by atoms with van der Waals surface area (Å²) in [6, 6.07) is 0. The summed E-state index contributed by atoms with van der Waals surface area (Å²) in [5.41, 5.74) is 6.59. The monoisotopic (exact) mass is 351 g/mol. The van der Waals surface area contributed by atoms with Crippen molar-refractivity contribution in [2.24, 2.45) is 11.7 Å². The first kappa shape index (κ1) is 22.7. The molecule has 0 aromatic carbocycles. The van der Waals surface area contributed by atoms with Gasteiger partial charge in [-0.25, -0.2) is 0 Å². The maximum Gasteiger partial charge on any atom is 0.0431 e. The molecule has 0 amide bonds. The van der Waals surface area contributed by atoms with E-state index in [4.69, 9.17) is 10.8 Å². The molecule has 2 nitrogen and oxygen atoms in total. The molecule has 3 heteroatoms. The third kappa shape index (κ3) is 9.36. The molecule has 0 aliphatic carbocycles. The average Bonchev–Trinajstić information content (AvgIpc) is 2.45. The van der Waals surface area contributed by atoms with Gasteiger partial charge in [0.2, 0.25) is 0 Å². The van der Waals surface area contributed by atoms with Crippen LogP contribution in [0.5, 0.6) is 0 Å². The average molecular weight is 352 g/mol. The van der Waals surface area contributed by atoms with Gasteiger partial charge in [0.15, 0.2) is 0 Å². The van der Waals surface area contributed by atoms with Gasteiger partial charge in [0, 0.05) is 12.1 Å². The molecule has 0 saturated heterocycles. The van der Waals surface area contributed by atoms with Crippen molar-refractivity contribution in [3.8, 4) is 0 Å². The molecule has 1 unspecified atom stereocenters. The van der Waals surface area contributed by atoms with Crippen LogP contribution in [0.2, 0.25) is 0 Å². The molecule has 20 heavy (non-hydrogen) atoms. The van der Waals surface area contributed by atoms with Crippen molar-refractivity contribution in [2.75, 3.05) is 6.61 Å². The number of rotatable bonds is 13. The molecule has 0 aromatic heterocycles. The van der Waals surface area contributed by atoms with Crippen LogP contribution in [0.15, 0.2) is 0 Å². The lowest BCUT2D eigenvalue weighted by molar-refractivity contribution is 0.224. The Morgan fingerprint density at radius 1 is 0.850 bits per heavy atom. The highest BCUT2D eigenvalue weighted by Crippen LogP contribution is 2.30. The highest BCUT2D eigenvalue weighted by molar-refractivity contribution is 8.93. The van der Waals surface area contributed by atoms with Crippen LogP contribution >= 0.6 is 17.0 Å². The van der Waals surface area contributed by atoms with Crippen molar-refractivity contribution in [1.29, 1.82) is 0 Å². The SMILES string of the molecule is Br.CCC(CCCCCCCCCO)C(N)(CC)CC. The summed E-state index contributed by atoms with van der Waals surface area (Å²) >= 11 is 0. The summed E-state index contributed by atoms with van der Waals surface area (Å²) in [5, 5.41) is 8.71. The first-order chi connectivity index (χ1) is 9.14. The fourth-order valence-corrected chi connectivity index (χ4v) is 3.11. The number of aliphatic hydroxyl groups excluding tert-OH is 1. The predicted molar refractivity (Wildman–Crippen MR) is 95.6 cm³/mol. The van der Waals surface area contributed by atoms with Crippen molar-refractivity contribution in [1.82, 2.24) is 0 Å². The number of hydrogen-bond acceptors (Lipinski definition) is 2. The molecule has 3 N–H and O–H groups in total. The normalized spacial score (nSPS) is 13.1. The molecule has 0 heterocycles. The fourth-order valence-electron chi connectivity index (χ4n) is 3.11. The van der Waals surface area contributed by atoms with Crippen LogP contribution in [0.4, 0.5) is 0 Å². The lowest BCUT2D eigenvalue weighted by atomic mass is 9.76. The van der Waals surface area contributed by atoms with E-state index >= 15 is 0 Å². The summed E-state index contributed by atoms with van der Waals surface area (Å²) in [7, 11) is 0. The highest BCUT2D eigenvalue weighted by Gasteiger charge is 2.29. The first-order valence-electron chi connectivity index (χ1n) is 8.54. The van der Waals surface area contributed by atoms with Gasteiger partial charge in [-0.1, -0.05) is 65.7 Å². The van der Waals surface area contributed by atoms with E-state index in [1.807, 2.05) is 0 Å². The molecule has 0 spiro atoms. The zero-order valence-corrected chi connectivity index (χ0v) is 15.7. The fraction of sp³-hybridized carbons (Fsp3) is 1.00. The number of unbranched alkanes of at least 4 members (excludes halogenated alkanes) is 6. The quantitative estimate of drug-likeness (QED) is 0.446. The number of halogens is 1. The minimum absolute atomic E-state index is 0. The van der Waals surface area contributed by atoms with Gasteiger partial charge in [0.05, 0.1) is 0 Å². The van der Waals surface area contributed by atoms with E-state index < -0.39 is 0 Å². The smallest absolute Gasteiger partial charge is 0.0431 e. The zero-order chi connectivity index (χ0) is 14.6. The molecule has 0 radical (unpaired) electrons. The van der Waals surface area contributed by atoms with Crippen LogP contribution in [0.3, 0.4) is 0 Å². The molecular formula is C17H38BrNO. The van der Waals surface area contributed by atoms with Crippen LogP contribution in [-0.4, -0.2) is 17.3 Å². The van der Waals surface area contributed by atoms with Crippen molar-refractivity contribution in [3.05, 3.63) is 0 Å². The third-order valence-electron chi connectivity index (χ3n) is 4.83. The van der Waals surface area contributed by atoms with Crippen LogP contribution in [-0.2, 0) is 0 Å². The molecule has 0 aromatic rings. The second-order valence-corrected chi connectivity index (χ2v) is 6.03. The van der Waals surface area contributed by atoms with Gasteiger partial charge < -0.3 is 10.8 Å². The Morgan fingerprint density at radius 2 is 1.30 bits per heavy atom. The molecule has 124 valence electrons. The Kier molecular flexibility index (Phi) is 16.3. The second-order valence-electron chi connectivity index (χ2n) is 6.03. The zero-order valence-electron chi connectivity index (χ0n) is 14.0. The Balaban J connectivity index is 0. The highest BCUT2D eigenvalue weighted by atomic mass is 79.9. The van der Waals surface area contributed by atoms with Crippen molar-refractivity contribution < 1.29 is 5.11 Å². The Hall–Kier alpha value is 0.400. The van der Waals surface area contributed by atoms with E-state index in [0.717, 1.165) is 19.3 Å². The van der Waals surface area contributed by atoms with Crippen LogP contribution in [0.25, 0.3) is 0 Å². The van der Waals surface area contributed by atoms with E-state index in [9.17, 15) is 0 Å². The molecule has 0 bridgehead atoms. The summed E-state index contributed by atoms with van der Waals surface area (Å²) in [5.74, 6) is 0.692. The number of hydrogen-bond donors (Lipinski definition) is 2. The topological polar surface area (TPSA) is 46.2 Å². The standard InChI is InChI=1S/C17H37NO.BrH/c1-4-16(17(18,5-2)6-3)14-12-10-8-7-9-11-13-15-19;/h16,19H,4-15,18H2,1-3H3;1H. The third-order valence-corrected chi connectivity index (χ3v) is 4.83. The predicted octanol–water partition coefficient (Wildman–Crippen LogP) is 5.22. The van der Waals surface area contributed by atoms with Gasteiger partial charge in [-0.15, -0.1) is 17.0 Å². The minimum Gasteiger partial charge on any atom is -0.396 e. The second kappa shape index (κ2) is 14.3. The van der Waals surface area contributed by atoms with E-state index in [1.165, 1.54) is 51.4 Å². The van der Waals surface area contributed by atoms with E-state index in [-0.39, 0.29) is 22.5 Å². The van der Waals surface area contributed by atoms with Gasteiger partial charge >= 0.3 is 0 Å². The molecule has 1 atom stereocenters. The van der Waals surface area contributed by atoms with Crippen molar-refractivity contribution in [3.63, 3.8) is 0 Å². The van der Waals surface area contributed by atoms with Crippen molar-refractivity contribution >= 4 is 17.0 Å².